The summed E-state index contributed by atoms with van der Waals surface area (Å²) in [4.78, 5) is 5.07. The van der Waals surface area contributed by atoms with Crippen LogP contribution in [0, 0.1) is 0 Å². The van der Waals surface area contributed by atoms with Crippen LogP contribution in [0.2, 0.25) is 10.0 Å². The van der Waals surface area contributed by atoms with Crippen LogP contribution in [-0.4, -0.2) is 26.0 Å². The zero-order valence-electron chi connectivity index (χ0n) is 15.8. The van der Waals surface area contributed by atoms with Crippen LogP contribution >= 0.6 is 46.4 Å². The fourth-order valence-corrected chi connectivity index (χ4v) is 2.87. The van der Waals surface area contributed by atoms with E-state index in [-0.39, 0.29) is 34.4 Å². The standard InChI is InChI=1S/C20H16Cl4F3NO3/c21-16-10-15(29-9-6-18(23)24)11-17(22)19(16)30-7-1-8-31-28-12-13-2-4-14(5-3-13)20(25,26)27/h2-6,10-12H,1,7-9H2/b28-12+. The first-order chi connectivity index (χ1) is 14.7. The zero-order valence-corrected chi connectivity index (χ0v) is 18.8. The van der Waals surface area contributed by atoms with Crippen molar-refractivity contribution in [3.8, 4) is 11.5 Å². The van der Waals surface area contributed by atoms with Crippen molar-refractivity contribution in [3.05, 3.63) is 68.1 Å². The third-order valence-electron chi connectivity index (χ3n) is 3.60. The Labute approximate surface area is 197 Å². The molecule has 0 atom stereocenters. The summed E-state index contributed by atoms with van der Waals surface area (Å²) in [6.45, 7) is 0.624. The fraction of sp³-hybridized carbons (Fsp3) is 0.250. The summed E-state index contributed by atoms with van der Waals surface area (Å²) >= 11 is 23.3. The summed E-state index contributed by atoms with van der Waals surface area (Å²) in [5, 5.41) is 4.25. The Hall–Kier alpha value is -1.80. The van der Waals surface area contributed by atoms with Crippen LogP contribution in [0.3, 0.4) is 0 Å². The minimum Gasteiger partial charge on any atom is -0.490 e. The molecule has 2 aromatic rings. The number of rotatable bonds is 10. The van der Waals surface area contributed by atoms with E-state index in [2.05, 4.69) is 5.16 Å². The van der Waals surface area contributed by atoms with Crippen molar-refractivity contribution < 1.29 is 27.5 Å². The molecular formula is C20H16Cl4F3NO3. The predicted molar refractivity (Wildman–Crippen MR) is 117 cm³/mol. The van der Waals surface area contributed by atoms with Crippen LogP contribution in [0.25, 0.3) is 0 Å². The third kappa shape index (κ3) is 9.07. The summed E-state index contributed by atoms with van der Waals surface area (Å²) in [7, 11) is 0. The molecule has 0 saturated carbocycles. The van der Waals surface area contributed by atoms with E-state index in [1.54, 1.807) is 12.1 Å². The molecule has 0 radical (unpaired) electrons. The molecule has 0 aliphatic heterocycles. The molecule has 0 aliphatic carbocycles. The van der Waals surface area contributed by atoms with Crippen molar-refractivity contribution in [2.45, 2.75) is 12.6 Å². The number of hydrogen-bond acceptors (Lipinski definition) is 4. The number of alkyl halides is 3. The maximum atomic E-state index is 12.5. The van der Waals surface area contributed by atoms with Crippen molar-refractivity contribution in [1.29, 1.82) is 0 Å². The van der Waals surface area contributed by atoms with Gasteiger partial charge in [0, 0.05) is 18.6 Å². The maximum absolute atomic E-state index is 12.5. The van der Waals surface area contributed by atoms with Crippen LogP contribution in [0.5, 0.6) is 11.5 Å². The van der Waals surface area contributed by atoms with Gasteiger partial charge in [0.2, 0.25) is 0 Å². The van der Waals surface area contributed by atoms with Crippen molar-refractivity contribution in [2.75, 3.05) is 19.8 Å². The maximum Gasteiger partial charge on any atom is 0.416 e. The lowest BCUT2D eigenvalue weighted by molar-refractivity contribution is -0.137. The van der Waals surface area contributed by atoms with Gasteiger partial charge < -0.3 is 14.3 Å². The first kappa shape index (κ1) is 25.5. The van der Waals surface area contributed by atoms with Crippen LogP contribution in [-0.2, 0) is 11.0 Å². The quantitative estimate of drug-likeness (QED) is 0.186. The van der Waals surface area contributed by atoms with Crippen LogP contribution in [0.4, 0.5) is 13.2 Å². The molecule has 0 aliphatic rings. The van der Waals surface area contributed by atoms with Crippen molar-refractivity contribution in [1.82, 2.24) is 0 Å². The molecule has 0 unspecified atom stereocenters. The lowest BCUT2D eigenvalue weighted by Crippen LogP contribution is -2.04. The van der Waals surface area contributed by atoms with Gasteiger partial charge in [-0.1, -0.05) is 63.7 Å². The van der Waals surface area contributed by atoms with Gasteiger partial charge in [0.1, 0.15) is 23.5 Å². The summed E-state index contributed by atoms with van der Waals surface area (Å²) in [6, 6.07) is 7.65. The third-order valence-corrected chi connectivity index (χ3v) is 4.47. The minimum absolute atomic E-state index is 0.0862. The molecule has 2 aromatic carbocycles. The largest absolute Gasteiger partial charge is 0.490 e. The first-order valence-electron chi connectivity index (χ1n) is 8.75. The van der Waals surface area contributed by atoms with Gasteiger partial charge in [0.15, 0.2) is 5.75 Å². The fourth-order valence-electron chi connectivity index (χ4n) is 2.17. The Kier molecular flexibility index (Phi) is 10.1. The van der Waals surface area contributed by atoms with Gasteiger partial charge >= 0.3 is 6.18 Å². The van der Waals surface area contributed by atoms with E-state index in [4.69, 9.17) is 60.7 Å². The Morgan fingerprint density at radius 1 is 0.968 bits per heavy atom. The first-order valence-corrected chi connectivity index (χ1v) is 10.3. The number of ether oxygens (including phenoxy) is 2. The van der Waals surface area contributed by atoms with Gasteiger partial charge in [-0.05, 0) is 23.8 Å². The summed E-state index contributed by atoms with van der Waals surface area (Å²) in [5.41, 5.74) is -0.245. The molecular weight excluding hydrogens is 501 g/mol. The topological polar surface area (TPSA) is 40.0 Å². The molecule has 0 N–H and O–H groups in total. The highest BCUT2D eigenvalue weighted by Crippen LogP contribution is 2.37. The highest BCUT2D eigenvalue weighted by molar-refractivity contribution is 6.55. The summed E-state index contributed by atoms with van der Waals surface area (Å²) < 4.78 is 48.6. The number of nitrogens with zero attached hydrogens (tertiary/aromatic N) is 1. The Bertz CT molecular complexity index is 892. The van der Waals surface area contributed by atoms with E-state index >= 15 is 0 Å². The van der Waals surface area contributed by atoms with Gasteiger partial charge in [-0.3, -0.25) is 0 Å². The number of halogens is 7. The van der Waals surface area contributed by atoms with Gasteiger partial charge in [0.05, 0.1) is 28.4 Å². The van der Waals surface area contributed by atoms with Gasteiger partial charge in [-0.2, -0.15) is 13.2 Å². The van der Waals surface area contributed by atoms with Crippen LogP contribution in [0.1, 0.15) is 17.5 Å². The Balaban J connectivity index is 1.73. The monoisotopic (exact) mass is 515 g/mol. The second-order valence-corrected chi connectivity index (χ2v) is 7.73. The number of hydrogen-bond donors (Lipinski definition) is 0. The molecule has 0 fully saturated rings. The molecule has 168 valence electrons. The van der Waals surface area contributed by atoms with E-state index in [0.29, 0.717) is 23.5 Å². The SMILES string of the molecule is FC(F)(F)c1ccc(/C=N/OCCCOc2c(Cl)cc(OCC=C(Cl)Cl)cc2Cl)cc1. The lowest BCUT2D eigenvalue weighted by atomic mass is 10.1. The van der Waals surface area contributed by atoms with Crippen molar-refractivity contribution >= 4 is 52.6 Å². The molecule has 0 spiro atoms. The van der Waals surface area contributed by atoms with Crippen molar-refractivity contribution in [2.24, 2.45) is 5.16 Å². The van der Waals surface area contributed by atoms with Gasteiger partial charge in [0.25, 0.3) is 0 Å². The van der Waals surface area contributed by atoms with E-state index in [9.17, 15) is 13.2 Å². The predicted octanol–water partition coefficient (Wildman–Crippen LogP) is 7.53. The molecule has 0 saturated heterocycles. The van der Waals surface area contributed by atoms with Gasteiger partial charge in [-0.25, -0.2) is 0 Å². The molecule has 0 amide bonds. The summed E-state index contributed by atoms with van der Waals surface area (Å²) in [6.07, 6.45) is -1.12. The number of benzene rings is 2. The minimum atomic E-state index is -4.37. The lowest BCUT2D eigenvalue weighted by Gasteiger charge is -2.12. The zero-order chi connectivity index (χ0) is 22.9. The summed E-state index contributed by atoms with van der Waals surface area (Å²) in [5.74, 6) is 0.726. The van der Waals surface area contributed by atoms with Crippen molar-refractivity contribution in [3.63, 3.8) is 0 Å². The molecule has 0 aromatic heterocycles. The molecule has 0 bridgehead atoms. The Morgan fingerprint density at radius 2 is 1.61 bits per heavy atom. The molecule has 11 heteroatoms. The average Bonchev–Trinajstić information content (AvgIpc) is 2.68. The average molecular weight is 517 g/mol. The molecule has 4 nitrogen and oxygen atoms in total. The van der Waals surface area contributed by atoms with E-state index in [1.165, 1.54) is 24.4 Å². The smallest absolute Gasteiger partial charge is 0.416 e. The highest BCUT2D eigenvalue weighted by Gasteiger charge is 2.29. The second-order valence-electron chi connectivity index (χ2n) is 5.91. The second kappa shape index (κ2) is 12.3. The normalized spacial score (nSPS) is 11.5. The highest BCUT2D eigenvalue weighted by atomic mass is 35.5. The molecule has 2 rings (SSSR count). The Morgan fingerprint density at radius 3 is 2.19 bits per heavy atom. The van der Waals surface area contributed by atoms with E-state index in [1.807, 2.05) is 0 Å². The molecule has 31 heavy (non-hydrogen) atoms. The van der Waals surface area contributed by atoms with Crippen LogP contribution < -0.4 is 9.47 Å². The number of oxime groups is 1. The van der Waals surface area contributed by atoms with Gasteiger partial charge in [-0.15, -0.1) is 0 Å². The molecule has 0 heterocycles. The van der Waals surface area contributed by atoms with E-state index < -0.39 is 11.7 Å². The van der Waals surface area contributed by atoms with Crippen LogP contribution in [0.15, 0.2) is 52.1 Å². The van der Waals surface area contributed by atoms with E-state index in [0.717, 1.165) is 12.1 Å².